The maximum absolute atomic E-state index is 13.1. The molecule has 2 atom stereocenters. The highest BCUT2D eigenvalue weighted by Crippen LogP contribution is 2.40. The Labute approximate surface area is 135 Å². The molecule has 0 spiro atoms. The molecule has 2 aliphatic rings. The number of nitrogens with zero attached hydrogens (tertiary/aromatic N) is 1. The second kappa shape index (κ2) is 6.42. The lowest BCUT2D eigenvalue weighted by molar-refractivity contribution is -0.134. The maximum atomic E-state index is 13.1. The normalized spacial score (nSPS) is 30.0. The molecule has 0 aliphatic carbocycles. The third kappa shape index (κ3) is 3.46. The summed E-state index contributed by atoms with van der Waals surface area (Å²) < 4.78 is 17.8. The first-order valence-electron chi connectivity index (χ1n) is 8.00. The van der Waals surface area contributed by atoms with Gasteiger partial charge in [0.05, 0.1) is 12.7 Å². The summed E-state index contributed by atoms with van der Waals surface area (Å²) in [6.07, 6.45) is 4.43. The van der Waals surface area contributed by atoms with Crippen molar-refractivity contribution in [2.45, 2.75) is 37.3 Å². The zero-order chi connectivity index (χ0) is 16.4. The monoisotopic (exact) mass is 319 g/mol. The molecule has 124 valence electrons. The predicted molar refractivity (Wildman–Crippen MR) is 84.2 cm³/mol. The lowest BCUT2D eigenvalue weighted by Crippen LogP contribution is -2.51. The highest BCUT2D eigenvalue weighted by atomic mass is 19.1. The molecule has 0 bridgehead atoms. The van der Waals surface area contributed by atoms with E-state index in [4.69, 9.17) is 4.74 Å². The molecule has 23 heavy (non-hydrogen) atoms. The predicted octanol–water partition coefficient (Wildman–Crippen LogP) is 2.37. The number of carbonyl (C=O) groups excluding carboxylic acids is 1. The van der Waals surface area contributed by atoms with Gasteiger partial charge in [0.25, 0.3) is 0 Å². The van der Waals surface area contributed by atoms with Crippen LogP contribution in [-0.2, 0) is 15.1 Å². The maximum Gasteiger partial charge on any atom is 0.330 e. The number of hydrogen-bond acceptors (Lipinski definition) is 4. The highest BCUT2D eigenvalue weighted by Gasteiger charge is 2.41. The molecule has 2 aliphatic heterocycles. The van der Waals surface area contributed by atoms with E-state index in [9.17, 15) is 14.3 Å². The number of carbonyl (C=O) groups is 1. The minimum atomic E-state index is -0.928. The van der Waals surface area contributed by atoms with Gasteiger partial charge >= 0.3 is 5.97 Å². The van der Waals surface area contributed by atoms with E-state index in [1.807, 2.05) is 0 Å². The third-order valence-corrected chi connectivity index (χ3v) is 5.02. The van der Waals surface area contributed by atoms with E-state index in [1.54, 1.807) is 18.2 Å². The Balaban J connectivity index is 1.76. The van der Waals surface area contributed by atoms with Gasteiger partial charge in [-0.2, -0.15) is 0 Å². The number of piperidine rings is 2. The van der Waals surface area contributed by atoms with Crippen LogP contribution in [0.1, 0.15) is 31.2 Å². The first-order valence-corrected chi connectivity index (χ1v) is 8.00. The van der Waals surface area contributed by atoms with Crippen molar-refractivity contribution in [2.24, 2.45) is 0 Å². The summed E-state index contributed by atoms with van der Waals surface area (Å²) in [6, 6.07) is 6.31. The summed E-state index contributed by atoms with van der Waals surface area (Å²) in [5.41, 5.74) is 0.909. The van der Waals surface area contributed by atoms with Crippen molar-refractivity contribution in [3.05, 3.63) is 47.3 Å². The minimum absolute atomic E-state index is 0.198. The number of methoxy groups -OCH3 is 1. The van der Waals surface area contributed by atoms with Gasteiger partial charge in [0.15, 0.2) is 0 Å². The van der Waals surface area contributed by atoms with Crippen LogP contribution >= 0.6 is 0 Å². The average Bonchev–Trinajstić information content (AvgIpc) is 2.55. The minimum Gasteiger partial charge on any atom is -0.466 e. The van der Waals surface area contributed by atoms with E-state index in [0.29, 0.717) is 12.8 Å². The number of benzene rings is 1. The molecular weight excluding hydrogens is 297 g/mol. The SMILES string of the molecule is COC(=O)/C=C1/CCN2CCC(O)(c3ccc(F)cc3)CC2C1. The first-order chi connectivity index (χ1) is 11.0. The lowest BCUT2D eigenvalue weighted by atomic mass is 9.77. The second-order valence-corrected chi connectivity index (χ2v) is 6.46. The Kier molecular flexibility index (Phi) is 4.50. The summed E-state index contributed by atoms with van der Waals surface area (Å²) >= 11 is 0. The van der Waals surface area contributed by atoms with Crippen LogP contribution in [0.25, 0.3) is 0 Å². The third-order valence-electron chi connectivity index (χ3n) is 5.02. The smallest absolute Gasteiger partial charge is 0.330 e. The number of esters is 1. The fraction of sp³-hybridized carbons (Fsp3) is 0.500. The Hall–Kier alpha value is -1.72. The standard InChI is InChI=1S/C18H22FNO3/c1-23-17(21)11-13-6-8-20-9-7-18(22,12-16(20)10-13)14-2-4-15(19)5-3-14/h2-5,11,16,22H,6-10,12H2,1H3/b13-11-. The molecule has 1 aromatic rings. The van der Waals surface area contributed by atoms with Crippen LogP contribution in [0.4, 0.5) is 4.39 Å². The van der Waals surface area contributed by atoms with Gasteiger partial charge in [-0.25, -0.2) is 9.18 Å². The van der Waals surface area contributed by atoms with Gasteiger partial charge < -0.3 is 9.84 Å². The van der Waals surface area contributed by atoms with Crippen molar-refractivity contribution in [2.75, 3.05) is 20.2 Å². The van der Waals surface area contributed by atoms with Gasteiger partial charge in [-0.05, 0) is 43.4 Å². The van der Waals surface area contributed by atoms with Gasteiger partial charge in [0.1, 0.15) is 5.82 Å². The number of fused-ring (bicyclic) bond motifs is 1. The molecular formula is C18H22FNO3. The van der Waals surface area contributed by atoms with E-state index in [1.165, 1.54) is 19.2 Å². The summed E-state index contributed by atoms with van der Waals surface area (Å²) in [5, 5.41) is 11.0. The molecule has 3 rings (SSSR count). The Morgan fingerprint density at radius 3 is 2.83 bits per heavy atom. The summed E-state index contributed by atoms with van der Waals surface area (Å²) in [7, 11) is 1.38. The van der Waals surface area contributed by atoms with Gasteiger partial charge in [-0.1, -0.05) is 17.7 Å². The molecule has 0 amide bonds. The van der Waals surface area contributed by atoms with Crippen LogP contribution in [-0.4, -0.2) is 42.2 Å². The Morgan fingerprint density at radius 1 is 1.39 bits per heavy atom. The number of rotatable bonds is 2. The molecule has 2 heterocycles. The summed E-state index contributed by atoms with van der Waals surface area (Å²) in [6.45, 7) is 1.71. The molecule has 4 nitrogen and oxygen atoms in total. The molecule has 2 saturated heterocycles. The molecule has 0 aromatic heterocycles. The van der Waals surface area contributed by atoms with Crippen LogP contribution in [0.2, 0.25) is 0 Å². The van der Waals surface area contributed by atoms with Crippen molar-refractivity contribution in [3.63, 3.8) is 0 Å². The van der Waals surface area contributed by atoms with E-state index in [2.05, 4.69) is 4.90 Å². The fourth-order valence-corrected chi connectivity index (χ4v) is 3.70. The van der Waals surface area contributed by atoms with Crippen molar-refractivity contribution in [3.8, 4) is 0 Å². The Morgan fingerprint density at radius 2 is 2.13 bits per heavy atom. The number of halogens is 1. The van der Waals surface area contributed by atoms with Gasteiger partial charge in [0, 0.05) is 25.2 Å². The molecule has 5 heteroatoms. The highest BCUT2D eigenvalue weighted by molar-refractivity contribution is 5.82. The van der Waals surface area contributed by atoms with Crippen LogP contribution in [0, 0.1) is 5.82 Å². The zero-order valence-corrected chi connectivity index (χ0v) is 13.3. The lowest BCUT2D eigenvalue weighted by Gasteiger charge is -2.47. The largest absolute Gasteiger partial charge is 0.466 e. The second-order valence-electron chi connectivity index (χ2n) is 6.46. The Bertz CT molecular complexity index is 613. The van der Waals surface area contributed by atoms with Crippen molar-refractivity contribution in [1.82, 2.24) is 4.90 Å². The van der Waals surface area contributed by atoms with Crippen LogP contribution in [0.3, 0.4) is 0 Å². The molecule has 0 radical (unpaired) electrons. The van der Waals surface area contributed by atoms with E-state index < -0.39 is 5.60 Å². The van der Waals surface area contributed by atoms with E-state index in [0.717, 1.165) is 37.1 Å². The summed E-state index contributed by atoms with van der Waals surface area (Å²) in [5.74, 6) is -0.617. The van der Waals surface area contributed by atoms with Gasteiger partial charge in [0.2, 0.25) is 0 Å². The first kappa shape index (κ1) is 16.1. The molecule has 0 saturated carbocycles. The number of hydrogen-bond donors (Lipinski definition) is 1. The van der Waals surface area contributed by atoms with E-state index in [-0.39, 0.29) is 17.8 Å². The van der Waals surface area contributed by atoms with Gasteiger partial charge in [-0.15, -0.1) is 0 Å². The van der Waals surface area contributed by atoms with Crippen LogP contribution in [0.5, 0.6) is 0 Å². The zero-order valence-electron chi connectivity index (χ0n) is 13.3. The molecule has 1 aromatic carbocycles. The number of aliphatic hydroxyl groups is 1. The number of ether oxygens (including phenoxy) is 1. The van der Waals surface area contributed by atoms with Crippen molar-refractivity contribution < 1.29 is 19.0 Å². The van der Waals surface area contributed by atoms with Gasteiger partial charge in [-0.3, -0.25) is 4.90 Å². The van der Waals surface area contributed by atoms with E-state index >= 15 is 0 Å². The molecule has 1 N–H and O–H groups in total. The summed E-state index contributed by atoms with van der Waals surface area (Å²) in [4.78, 5) is 13.8. The quantitative estimate of drug-likeness (QED) is 0.672. The fourth-order valence-electron chi connectivity index (χ4n) is 3.70. The van der Waals surface area contributed by atoms with Crippen molar-refractivity contribution in [1.29, 1.82) is 0 Å². The van der Waals surface area contributed by atoms with Crippen LogP contribution < -0.4 is 0 Å². The van der Waals surface area contributed by atoms with Crippen LogP contribution in [0.15, 0.2) is 35.9 Å². The van der Waals surface area contributed by atoms with Crippen molar-refractivity contribution >= 4 is 5.97 Å². The average molecular weight is 319 g/mol. The molecule has 2 unspecified atom stereocenters. The topological polar surface area (TPSA) is 49.8 Å². The molecule has 2 fully saturated rings.